The van der Waals surface area contributed by atoms with Crippen LogP contribution < -0.4 is 15.4 Å². The van der Waals surface area contributed by atoms with E-state index in [1.807, 2.05) is 18.2 Å². The number of benzene rings is 1. The van der Waals surface area contributed by atoms with Crippen molar-refractivity contribution in [1.29, 1.82) is 0 Å². The second kappa shape index (κ2) is 5.75. The molecular weight excluding hydrogens is 304 g/mol. The maximum absolute atomic E-state index is 11.8. The zero-order valence-corrected chi connectivity index (χ0v) is 11.7. The van der Waals surface area contributed by atoms with Gasteiger partial charge in [-0.05, 0) is 34.1 Å². The Hall–Kier alpha value is -0.720. The summed E-state index contributed by atoms with van der Waals surface area (Å²) in [6, 6.07) is 5.37. The van der Waals surface area contributed by atoms with Crippen molar-refractivity contribution in [2.24, 2.45) is 0 Å². The molecule has 92 valence electrons. The van der Waals surface area contributed by atoms with E-state index in [0.29, 0.717) is 0 Å². The Kier molecular flexibility index (Phi) is 4.31. The van der Waals surface area contributed by atoms with Crippen LogP contribution in [-0.4, -0.2) is 30.7 Å². The number of hydrogen-bond acceptors (Lipinski definition) is 4. The van der Waals surface area contributed by atoms with Crippen molar-refractivity contribution < 1.29 is 9.53 Å². The second-order valence-electron chi connectivity index (χ2n) is 3.61. The molecule has 0 aromatic heterocycles. The zero-order valence-electron chi connectivity index (χ0n) is 9.33. The van der Waals surface area contributed by atoms with Crippen molar-refractivity contribution in [1.82, 2.24) is 5.32 Å². The van der Waals surface area contributed by atoms with Crippen LogP contribution in [0.4, 0.5) is 5.69 Å². The van der Waals surface area contributed by atoms with E-state index < -0.39 is 0 Å². The lowest BCUT2D eigenvalue weighted by molar-refractivity contribution is -0.117. The van der Waals surface area contributed by atoms with Gasteiger partial charge in [-0.15, -0.1) is 11.8 Å². The largest absolute Gasteiger partial charge is 0.496 e. The molecule has 1 fully saturated rings. The molecule has 0 aliphatic carbocycles. The van der Waals surface area contributed by atoms with Crippen LogP contribution in [0.25, 0.3) is 0 Å². The van der Waals surface area contributed by atoms with Gasteiger partial charge < -0.3 is 10.1 Å². The molecule has 1 amide bonds. The molecule has 1 aromatic carbocycles. The van der Waals surface area contributed by atoms with Gasteiger partial charge in [-0.2, -0.15) is 0 Å². The monoisotopic (exact) mass is 316 g/mol. The molecule has 4 nitrogen and oxygen atoms in total. The van der Waals surface area contributed by atoms with E-state index in [1.165, 1.54) is 0 Å². The highest BCUT2D eigenvalue weighted by Crippen LogP contribution is 2.27. The van der Waals surface area contributed by atoms with E-state index in [2.05, 4.69) is 26.6 Å². The van der Waals surface area contributed by atoms with Gasteiger partial charge in [0.1, 0.15) is 5.75 Å². The van der Waals surface area contributed by atoms with Crippen LogP contribution in [0.5, 0.6) is 5.75 Å². The molecule has 6 heteroatoms. The number of carbonyl (C=O) groups excluding carboxylic acids is 1. The molecule has 2 N–H and O–H groups in total. The normalized spacial score (nSPS) is 19.1. The number of carbonyl (C=O) groups is 1. The van der Waals surface area contributed by atoms with Gasteiger partial charge in [-0.3, -0.25) is 10.1 Å². The molecule has 17 heavy (non-hydrogen) atoms. The lowest BCUT2D eigenvalue weighted by Crippen LogP contribution is -2.37. The van der Waals surface area contributed by atoms with Crippen molar-refractivity contribution in [2.45, 2.75) is 6.04 Å². The number of amides is 1. The minimum Gasteiger partial charge on any atom is -0.496 e. The fraction of sp³-hybridized carbons (Fsp3) is 0.364. The van der Waals surface area contributed by atoms with E-state index in [1.54, 1.807) is 18.9 Å². The smallest absolute Gasteiger partial charge is 0.242 e. The van der Waals surface area contributed by atoms with Crippen molar-refractivity contribution in [2.75, 3.05) is 24.1 Å². The number of anilines is 1. The Morgan fingerprint density at radius 1 is 1.65 bits per heavy atom. The third-order valence-corrected chi connectivity index (χ3v) is 4.01. The lowest BCUT2D eigenvalue weighted by Gasteiger charge is -2.11. The van der Waals surface area contributed by atoms with E-state index >= 15 is 0 Å². The average Bonchev–Trinajstić information content (AvgIpc) is 2.82. The number of thioether (sulfide) groups is 1. The molecule has 0 bridgehead atoms. The second-order valence-corrected chi connectivity index (χ2v) is 5.50. The van der Waals surface area contributed by atoms with Gasteiger partial charge in [0.15, 0.2) is 0 Å². The quantitative estimate of drug-likeness (QED) is 0.896. The Morgan fingerprint density at radius 3 is 3.06 bits per heavy atom. The van der Waals surface area contributed by atoms with Gasteiger partial charge in [0.05, 0.1) is 17.6 Å². The van der Waals surface area contributed by atoms with E-state index in [0.717, 1.165) is 27.5 Å². The molecule has 0 spiro atoms. The fourth-order valence-electron chi connectivity index (χ4n) is 1.54. The zero-order chi connectivity index (χ0) is 12.3. The summed E-state index contributed by atoms with van der Waals surface area (Å²) < 4.78 is 5.95. The Morgan fingerprint density at radius 2 is 2.47 bits per heavy atom. The molecule has 0 radical (unpaired) electrons. The summed E-state index contributed by atoms with van der Waals surface area (Å²) in [6.07, 6.45) is 0. The highest BCUT2D eigenvalue weighted by atomic mass is 79.9. The number of halogens is 1. The first-order valence-corrected chi connectivity index (χ1v) is 7.11. The molecule has 1 aromatic rings. The highest BCUT2D eigenvalue weighted by Gasteiger charge is 2.22. The molecule has 1 aliphatic rings. The first kappa shape index (κ1) is 12.7. The van der Waals surface area contributed by atoms with E-state index in [-0.39, 0.29) is 11.9 Å². The van der Waals surface area contributed by atoms with Gasteiger partial charge in [-0.25, -0.2) is 0 Å². The predicted molar refractivity (Wildman–Crippen MR) is 73.6 cm³/mol. The third kappa shape index (κ3) is 3.14. The van der Waals surface area contributed by atoms with Gasteiger partial charge in [-0.1, -0.05) is 0 Å². The fourth-order valence-corrected chi connectivity index (χ4v) is 3.02. The summed E-state index contributed by atoms with van der Waals surface area (Å²) >= 11 is 5.11. The van der Waals surface area contributed by atoms with Crippen LogP contribution in [0.3, 0.4) is 0 Å². The number of nitrogens with one attached hydrogen (secondary N) is 2. The minimum absolute atomic E-state index is 0.00654. The van der Waals surface area contributed by atoms with Crippen molar-refractivity contribution in [3.63, 3.8) is 0 Å². The molecule has 1 aliphatic heterocycles. The highest BCUT2D eigenvalue weighted by molar-refractivity contribution is 9.10. The van der Waals surface area contributed by atoms with Gasteiger partial charge >= 0.3 is 0 Å². The average molecular weight is 317 g/mol. The molecular formula is C11H13BrN2O2S. The summed E-state index contributed by atoms with van der Waals surface area (Å²) in [5.41, 5.74) is 0.765. The Bertz CT molecular complexity index is 422. The predicted octanol–water partition coefficient (Wildman–Crippen LogP) is 2.06. The van der Waals surface area contributed by atoms with Crippen LogP contribution in [0, 0.1) is 0 Å². The Balaban J connectivity index is 2.03. The van der Waals surface area contributed by atoms with E-state index in [4.69, 9.17) is 4.74 Å². The van der Waals surface area contributed by atoms with Crippen LogP contribution in [-0.2, 0) is 4.79 Å². The van der Waals surface area contributed by atoms with Gasteiger partial charge in [0.2, 0.25) is 5.91 Å². The molecule has 2 rings (SSSR count). The lowest BCUT2D eigenvalue weighted by atomic mass is 10.2. The first-order valence-electron chi connectivity index (χ1n) is 5.16. The SMILES string of the molecule is COc1ccc(NC(=O)C2CSCN2)cc1Br. The van der Waals surface area contributed by atoms with E-state index in [9.17, 15) is 4.79 Å². The maximum atomic E-state index is 11.8. The van der Waals surface area contributed by atoms with Crippen LogP contribution >= 0.6 is 27.7 Å². The summed E-state index contributed by atoms with van der Waals surface area (Å²) in [5, 5.41) is 6.00. The third-order valence-electron chi connectivity index (χ3n) is 2.45. The summed E-state index contributed by atoms with van der Waals surface area (Å²) in [7, 11) is 1.61. The minimum atomic E-state index is -0.0964. The molecule has 1 heterocycles. The molecule has 0 saturated carbocycles. The summed E-state index contributed by atoms with van der Waals surface area (Å²) in [6.45, 7) is 0. The van der Waals surface area contributed by atoms with Gasteiger partial charge in [0, 0.05) is 17.3 Å². The van der Waals surface area contributed by atoms with Crippen LogP contribution in [0.1, 0.15) is 0 Å². The van der Waals surface area contributed by atoms with Gasteiger partial charge in [0.25, 0.3) is 0 Å². The molecule has 1 unspecified atom stereocenters. The van der Waals surface area contributed by atoms with Crippen molar-refractivity contribution in [3.05, 3.63) is 22.7 Å². The summed E-state index contributed by atoms with van der Waals surface area (Å²) in [4.78, 5) is 11.8. The van der Waals surface area contributed by atoms with Crippen LogP contribution in [0.15, 0.2) is 22.7 Å². The number of rotatable bonds is 3. The first-order chi connectivity index (χ1) is 8.20. The molecule has 1 saturated heterocycles. The van der Waals surface area contributed by atoms with Crippen molar-refractivity contribution >= 4 is 39.3 Å². The maximum Gasteiger partial charge on any atom is 0.242 e. The standard InChI is InChI=1S/C11H13BrN2O2S/c1-16-10-3-2-7(4-8(10)12)14-11(15)9-5-17-6-13-9/h2-4,9,13H,5-6H2,1H3,(H,14,15). The molecule has 1 atom stereocenters. The Labute approximate surface area is 113 Å². The topological polar surface area (TPSA) is 50.4 Å². The summed E-state index contributed by atoms with van der Waals surface area (Å²) in [5.74, 6) is 2.41. The number of hydrogen-bond donors (Lipinski definition) is 2. The number of ether oxygens (including phenoxy) is 1. The van der Waals surface area contributed by atoms with Crippen molar-refractivity contribution in [3.8, 4) is 5.75 Å². The van der Waals surface area contributed by atoms with Crippen LogP contribution in [0.2, 0.25) is 0 Å². The number of methoxy groups -OCH3 is 1.